The van der Waals surface area contributed by atoms with E-state index in [0.29, 0.717) is 15.8 Å². The van der Waals surface area contributed by atoms with Gasteiger partial charge in [0.25, 0.3) is 11.8 Å². The predicted octanol–water partition coefficient (Wildman–Crippen LogP) is 3.36. The highest BCUT2D eigenvalue weighted by Crippen LogP contribution is 2.21. The molecule has 0 radical (unpaired) electrons. The van der Waals surface area contributed by atoms with Crippen molar-refractivity contribution in [3.8, 4) is 5.75 Å². The molecule has 0 aliphatic heterocycles. The molecule has 120 valence electrons. The van der Waals surface area contributed by atoms with E-state index in [1.807, 2.05) is 19.1 Å². The van der Waals surface area contributed by atoms with Crippen LogP contribution in [0.3, 0.4) is 0 Å². The van der Waals surface area contributed by atoms with Crippen LogP contribution in [0.1, 0.15) is 15.9 Å². The number of halogens is 2. The Hall–Kier alpha value is -1.86. The lowest BCUT2D eigenvalue weighted by atomic mass is 10.2. The largest absolute Gasteiger partial charge is 0.484 e. The van der Waals surface area contributed by atoms with Gasteiger partial charge in [-0.25, -0.2) is 0 Å². The molecular weight excluding hydrogens is 428 g/mol. The Bertz CT molecular complexity index is 735. The molecule has 5 nitrogen and oxygen atoms in total. The summed E-state index contributed by atoms with van der Waals surface area (Å²) in [6.45, 7) is 1.73. The summed E-state index contributed by atoms with van der Waals surface area (Å²) in [5.74, 6) is -0.283. The van der Waals surface area contributed by atoms with E-state index in [-0.39, 0.29) is 6.61 Å². The van der Waals surface area contributed by atoms with Crippen LogP contribution in [0.25, 0.3) is 0 Å². The molecule has 0 aromatic heterocycles. The van der Waals surface area contributed by atoms with Crippen molar-refractivity contribution >= 4 is 43.7 Å². The van der Waals surface area contributed by atoms with Crippen LogP contribution in [0.4, 0.5) is 0 Å². The normalized spacial score (nSPS) is 10.0. The fraction of sp³-hybridized carbons (Fsp3) is 0.125. The number of rotatable bonds is 4. The molecule has 2 amide bonds. The second-order valence-corrected chi connectivity index (χ2v) is 6.39. The molecule has 7 heteroatoms. The lowest BCUT2D eigenvalue weighted by Crippen LogP contribution is -2.43. The predicted molar refractivity (Wildman–Crippen MR) is 94.1 cm³/mol. The van der Waals surface area contributed by atoms with E-state index in [2.05, 4.69) is 42.7 Å². The van der Waals surface area contributed by atoms with Crippen LogP contribution < -0.4 is 15.6 Å². The SMILES string of the molecule is Cc1cc(OCC(=O)NNC(=O)c2ccccc2Br)ccc1Br. The third-order valence-corrected chi connectivity index (χ3v) is 4.51. The Morgan fingerprint density at radius 1 is 1.04 bits per heavy atom. The first-order valence-electron chi connectivity index (χ1n) is 6.70. The van der Waals surface area contributed by atoms with Crippen LogP contribution in [-0.4, -0.2) is 18.4 Å². The minimum Gasteiger partial charge on any atom is -0.484 e. The smallest absolute Gasteiger partial charge is 0.276 e. The summed E-state index contributed by atoms with van der Waals surface area (Å²) in [6.07, 6.45) is 0. The van der Waals surface area contributed by atoms with Crippen molar-refractivity contribution in [1.82, 2.24) is 10.9 Å². The monoisotopic (exact) mass is 440 g/mol. The highest BCUT2D eigenvalue weighted by atomic mass is 79.9. The van der Waals surface area contributed by atoms with Gasteiger partial charge in [-0.1, -0.05) is 28.1 Å². The Labute approximate surface area is 150 Å². The molecule has 0 atom stereocenters. The number of carbonyl (C=O) groups excluding carboxylic acids is 2. The zero-order valence-electron chi connectivity index (χ0n) is 12.2. The number of amides is 2. The van der Waals surface area contributed by atoms with E-state index in [1.165, 1.54) is 0 Å². The van der Waals surface area contributed by atoms with Gasteiger partial charge in [0, 0.05) is 8.95 Å². The fourth-order valence-corrected chi connectivity index (χ4v) is 2.44. The standard InChI is InChI=1S/C16H14Br2N2O3/c1-10-8-11(6-7-13(10)17)23-9-15(21)19-20-16(22)12-4-2-3-5-14(12)18/h2-8H,9H2,1H3,(H,19,21)(H,20,22). The van der Waals surface area contributed by atoms with Crippen molar-refractivity contribution in [2.45, 2.75) is 6.92 Å². The maximum atomic E-state index is 11.9. The topological polar surface area (TPSA) is 67.4 Å². The lowest BCUT2D eigenvalue weighted by molar-refractivity contribution is -0.123. The molecule has 0 bridgehead atoms. The van der Waals surface area contributed by atoms with Gasteiger partial charge in [-0.05, 0) is 58.7 Å². The number of hydrazine groups is 1. The Kier molecular flexibility index (Phi) is 6.18. The summed E-state index contributed by atoms with van der Waals surface area (Å²) in [7, 11) is 0. The summed E-state index contributed by atoms with van der Waals surface area (Å²) in [6, 6.07) is 12.3. The van der Waals surface area contributed by atoms with Gasteiger partial charge in [-0.2, -0.15) is 0 Å². The number of aryl methyl sites for hydroxylation is 1. The summed E-state index contributed by atoms with van der Waals surface area (Å²) >= 11 is 6.67. The molecule has 23 heavy (non-hydrogen) atoms. The van der Waals surface area contributed by atoms with Gasteiger partial charge in [0.15, 0.2) is 6.61 Å². The van der Waals surface area contributed by atoms with E-state index in [9.17, 15) is 9.59 Å². The molecule has 0 heterocycles. The molecule has 0 saturated carbocycles. The Morgan fingerprint density at radius 2 is 1.78 bits per heavy atom. The second-order valence-electron chi connectivity index (χ2n) is 4.68. The summed E-state index contributed by atoms with van der Waals surface area (Å²) in [5.41, 5.74) is 6.08. The van der Waals surface area contributed by atoms with Crippen molar-refractivity contribution in [3.63, 3.8) is 0 Å². The fourth-order valence-electron chi connectivity index (χ4n) is 1.73. The van der Waals surface area contributed by atoms with Crippen molar-refractivity contribution < 1.29 is 14.3 Å². The zero-order chi connectivity index (χ0) is 16.8. The first kappa shape index (κ1) is 17.5. The molecule has 0 spiro atoms. The number of nitrogens with one attached hydrogen (secondary N) is 2. The van der Waals surface area contributed by atoms with Gasteiger partial charge < -0.3 is 4.74 Å². The third-order valence-electron chi connectivity index (χ3n) is 2.93. The van der Waals surface area contributed by atoms with Crippen molar-refractivity contribution in [1.29, 1.82) is 0 Å². The van der Waals surface area contributed by atoms with Crippen LogP contribution >= 0.6 is 31.9 Å². The summed E-state index contributed by atoms with van der Waals surface area (Å²) < 4.78 is 6.99. The Balaban J connectivity index is 1.82. The van der Waals surface area contributed by atoms with Gasteiger partial charge in [-0.15, -0.1) is 0 Å². The highest BCUT2D eigenvalue weighted by Gasteiger charge is 2.10. The third kappa shape index (κ3) is 5.07. The molecule has 2 aromatic carbocycles. The van der Waals surface area contributed by atoms with Crippen molar-refractivity contribution in [2.75, 3.05) is 6.61 Å². The van der Waals surface area contributed by atoms with Crippen LogP contribution in [0.15, 0.2) is 51.4 Å². The molecule has 2 rings (SSSR count). The average Bonchev–Trinajstić information content (AvgIpc) is 2.54. The maximum Gasteiger partial charge on any atom is 0.276 e. The molecule has 0 aliphatic carbocycles. The quantitative estimate of drug-likeness (QED) is 0.715. The molecule has 0 fully saturated rings. The van der Waals surface area contributed by atoms with Gasteiger partial charge in [0.05, 0.1) is 5.56 Å². The summed E-state index contributed by atoms with van der Waals surface area (Å²) in [4.78, 5) is 23.6. The van der Waals surface area contributed by atoms with Gasteiger partial charge >= 0.3 is 0 Å². The Morgan fingerprint density at radius 3 is 2.48 bits per heavy atom. The van der Waals surface area contributed by atoms with Crippen molar-refractivity contribution in [3.05, 3.63) is 62.5 Å². The number of hydrogen-bond acceptors (Lipinski definition) is 3. The highest BCUT2D eigenvalue weighted by molar-refractivity contribution is 9.10. The molecule has 0 saturated heterocycles. The second kappa shape index (κ2) is 8.12. The molecular formula is C16H14Br2N2O3. The average molecular weight is 442 g/mol. The van der Waals surface area contributed by atoms with E-state index in [0.717, 1.165) is 10.0 Å². The molecule has 0 aliphatic rings. The van der Waals surface area contributed by atoms with E-state index >= 15 is 0 Å². The van der Waals surface area contributed by atoms with Gasteiger partial charge in [-0.3, -0.25) is 20.4 Å². The minimum absolute atomic E-state index is 0.197. The lowest BCUT2D eigenvalue weighted by Gasteiger charge is -2.10. The van der Waals surface area contributed by atoms with E-state index in [1.54, 1.807) is 30.3 Å². The van der Waals surface area contributed by atoms with E-state index < -0.39 is 11.8 Å². The first-order valence-corrected chi connectivity index (χ1v) is 8.28. The maximum absolute atomic E-state index is 11.9. The first-order chi connectivity index (χ1) is 11.0. The zero-order valence-corrected chi connectivity index (χ0v) is 15.4. The van der Waals surface area contributed by atoms with Gasteiger partial charge in [0.2, 0.25) is 0 Å². The van der Waals surface area contributed by atoms with E-state index in [4.69, 9.17) is 4.74 Å². The van der Waals surface area contributed by atoms with Gasteiger partial charge in [0.1, 0.15) is 5.75 Å². The number of hydrogen-bond donors (Lipinski definition) is 2. The number of carbonyl (C=O) groups is 2. The molecule has 0 unspecified atom stereocenters. The van der Waals surface area contributed by atoms with Crippen molar-refractivity contribution in [2.24, 2.45) is 0 Å². The van der Waals surface area contributed by atoms with Crippen LogP contribution in [-0.2, 0) is 4.79 Å². The number of ether oxygens (including phenoxy) is 1. The molecule has 2 N–H and O–H groups in total. The summed E-state index contributed by atoms with van der Waals surface area (Å²) in [5, 5.41) is 0. The minimum atomic E-state index is -0.453. The van der Waals surface area contributed by atoms with Crippen LogP contribution in [0.5, 0.6) is 5.75 Å². The van der Waals surface area contributed by atoms with Crippen LogP contribution in [0.2, 0.25) is 0 Å². The number of benzene rings is 2. The molecule has 2 aromatic rings. The van der Waals surface area contributed by atoms with Crippen LogP contribution in [0, 0.1) is 6.92 Å².